The quantitative estimate of drug-likeness (QED) is 0.181. The van der Waals surface area contributed by atoms with E-state index >= 15 is 0 Å². The molecule has 3 aromatic heterocycles. The fourth-order valence-corrected chi connectivity index (χ4v) is 8.33. The fraction of sp³-hybridized carbons (Fsp3) is 0.160. The van der Waals surface area contributed by atoms with Gasteiger partial charge in [-0.3, -0.25) is 0 Å². The molecule has 0 bridgehead atoms. The number of aromatic nitrogens is 2. The summed E-state index contributed by atoms with van der Waals surface area (Å²) >= 11 is 0. The molecule has 53 heavy (non-hydrogen) atoms. The largest absolute Gasteiger partial charge is 0.456 e. The van der Waals surface area contributed by atoms with Gasteiger partial charge in [0.1, 0.15) is 11.2 Å². The van der Waals surface area contributed by atoms with Crippen LogP contribution in [0.15, 0.2) is 150 Å². The Hall–Kier alpha value is -6.06. The molecule has 10 aromatic rings. The van der Waals surface area contributed by atoms with Gasteiger partial charge in [0.05, 0.1) is 22.1 Å². The Kier molecular flexibility index (Phi) is 6.70. The van der Waals surface area contributed by atoms with Crippen LogP contribution in [0.4, 0.5) is 0 Å². The van der Waals surface area contributed by atoms with E-state index in [0.717, 1.165) is 27.6 Å². The van der Waals surface area contributed by atoms with Crippen molar-refractivity contribution < 1.29 is 4.42 Å². The molecular weight excluding hydrogens is 645 g/mol. The smallest absolute Gasteiger partial charge is 0.135 e. The number of hydrogen-bond acceptors (Lipinski definition) is 1. The molecule has 0 aliphatic heterocycles. The third-order valence-corrected chi connectivity index (χ3v) is 11.2. The molecule has 0 aliphatic rings. The van der Waals surface area contributed by atoms with Crippen molar-refractivity contribution in [2.24, 2.45) is 0 Å². The molecule has 3 heteroatoms. The van der Waals surface area contributed by atoms with Crippen LogP contribution in [0.1, 0.15) is 52.7 Å². The maximum Gasteiger partial charge on any atom is 0.135 e. The van der Waals surface area contributed by atoms with Crippen LogP contribution < -0.4 is 0 Å². The van der Waals surface area contributed by atoms with E-state index in [4.69, 9.17) is 4.42 Å². The number of fused-ring (bicyclic) bond motifs is 9. The zero-order valence-corrected chi connectivity index (χ0v) is 31.2. The molecule has 0 amide bonds. The number of furan rings is 1. The first-order valence-corrected chi connectivity index (χ1v) is 18.7. The van der Waals surface area contributed by atoms with Crippen molar-refractivity contribution in [1.29, 1.82) is 0 Å². The van der Waals surface area contributed by atoms with E-state index in [-0.39, 0.29) is 10.8 Å². The number of para-hydroxylation sites is 2. The molecule has 0 saturated heterocycles. The maximum absolute atomic E-state index is 6.21. The third kappa shape index (κ3) is 4.94. The van der Waals surface area contributed by atoms with Gasteiger partial charge in [0.2, 0.25) is 0 Å². The standard InChI is InChI=1S/C50H42N2O/c1-49(2,3)33-18-23-45-40(28-33)38-26-31(16-21-43(38)51(45)35-12-8-7-9-13-35)32-17-22-44-39(27-32)41-29-34(50(4,5)6)19-24-46(41)52(44)36-20-25-48-42(30-36)37-14-10-11-15-47(37)53-48/h7-30H,1-6H3. The average molecular weight is 687 g/mol. The molecule has 0 spiro atoms. The number of rotatable bonds is 3. The molecule has 3 nitrogen and oxygen atoms in total. The first-order valence-electron chi connectivity index (χ1n) is 18.7. The van der Waals surface area contributed by atoms with E-state index in [2.05, 4.69) is 184 Å². The Morgan fingerprint density at radius 1 is 0.358 bits per heavy atom. The second kappa shape index (κ2) is 11.2. The van der Waals surface area contributed by atoms with Crippen molar-refractivity contribution >= 4 is 65.6 Å². The lowest BCUT2D eigenvalue weighted by Crippen LogP contribution is -2.10. The molecule has 10 rings (SSSR count). The van der Waals surface area contributed by atoms with Crippen LogP contribution in [0.3, 0.4) is 0 Å². The zero-order valence-electron chi connectivity index (χ0n) is 31.2. The van der Waals surface area contributed by atoms with Gasteiger partial charge in [-0.15, -0.1) is 0 Å². The average Bonchev–Trinajstić information content (AvgIpc) is 3.80. The topological polar surface area (TPSA) is 23.0 Å². The van der Waals surface area contributed by atoms with E-state index < -0.39 is 0 Å². The first-order chi connectivity index (χ1) is 25.5. The highest BCUT2D eigenvalue weighted by Gasteiger charge is 2.21. The van der Waals surface area contributed by atoms with Crippen molar-refractivity contribution in [3.63, 3.8) is 0 Å². The summed E-state index contributed by atoms with van der Waals surface area (Å²) in [6.07, 6.45) is 0. The molecule has 0 N–H and O–H groups in total. The molecule has 0 aliphatic carbocycles. The van der Waals surface area contributed by atoms with Crippen LogP contribution in [0.5, 0.6) is 0 Å². The van der Waals surface area contributed by atoms with Gasteiger partial charge in [-0.1, -0.05) is 102 Å². The van der Waals surface area contributed by atoms with Crippen molar-refractivity contribution in [2.75, 3.05) is 0 Å². The molecule has 0 saturated carbocycles. The third-order valence-electron chi connectivity index (χ3n) is 11.2. The molecule has 7 aromatic carbocycles. The summed E-state index contributed by atoms with van der Waals surface area (Å²) in [4.78, 5) is 0. The van der Waals surface area contributed by atoms with Gasteiger partial charge in [-0.2, -0.15) is 0 Å². The van der Waals surface area contributed by atoms with Gasteiger partial charge >= 0.3 is 0 Å². The Bertz CT molecular complexity index is 3060. The van der Waals surface area contributed by atoms with Gasteiger partial charge in [0, 0.05) is 43.7 Å². The minimum atomic E-state index is 0.0265. The lowest BCUT2D eigenvalue weighted by Gasteiger charge is -2.19. The fourth-order valence-electron chi connectivity index (χ4n) is 8.33. The first kappa shape index (κ1) is 31.7. The lowest BCUT2D eigenvalue weighted by atomic mass is 9.86. The SMILES string of the molecule is CC(C)(C)c1ccc2c(c1)c1cc(-c3ccc4c(c3)c3cc(C(C)(C)C)ccc3n4-c3ccc4oc5ccccc5c4c3)ccc1n2-c1ccccc1. The van der Waals surface area contributed by atoms with Crippen LogP contribution in [0.2, 0.25) is 0 Å². The highest BCUT2D eigenvalue weighted by molar-refractivity contribution is 6.13. The Balaban J connectivity index is 1.21. The predicted octanol–water partition coefficient (Wildman–Crippen LogP) is 14.0. The Labute approximate surface area is 309 Å². The van der Waals surface area contributed by atoms with Crippen LogP contribution >= 0.6 is 0 Å². The predicted molar refractivity (Wildman–Crippen MR) is 225 cm³/mol. The van der Waals surface area contributed by atoms with Crippen LogP contribution in [-0.4, -0.2) is 9.13 Å². The molecule has 0 fully saturated rings. The van der Waals surface area contributed by atoms with Crippen molar-refractivity contribution in [3.05, 3.63) is 157 Å². The highest BCUT2D eigenvalue weighted by atomic mass is 16.3. The van der Waals surface area contributed by atoms with Gasteiger partial charge < -0.3 is 13.6 Å². The Morgan fingerprint density at radius 2 is 0.830 bits per heavy atom. The summed E-state index contributed by atoms with van der Waals surface area (Å²) in [5.41, 5.74) is 14.1. The monoisotopic (exact) mass is 686 g/mol. The molecule has 0 unspecified atom stereocenters. The highest BCUT2D eigenvalue weighted by Crippen LogP contribution is 2.41. The normalized spacial score (nSPS) is 12.7. The van der Waals surface area contributed by atoms with Gasteiger partial charge in [-0.05, 0) is 118 Å². The maximum atomic E-state index is 6.21. The summed E-state index contributed by atoms with van der Waals surface area (Å²) in [7, 11) is 0. The van der Waals surface area contributed by atoms with Gasteiger partial charge in [-0.25, -0.2) is 0 Å². The number of nitrogens with zero attached hydrogens (tertiary/aromatic N) is 2. The summed E-state index contributed by atoms with van der Waals surface area (Å²) in [6, 6.07) is 53.7. The van der Waals surface area contributed by atoms with Crippen molar-refractivity contribution in [3.8, 4) is 22.5 Å². The van der Waals surface area contributed by atoms with Gasteiger partial charge in [0.15, 0.2) is 0 Å². The minimum absolute atomic E-state index is 0.0265. The molecule has 258 valence electrons. The molecule has 0 atom stereocenters. The van der Waals surface area contributed by atoms with Crippen molar-refractivity contribution in [1.82, 2.24) is 9.13 Å². The Morgan fingerprint density at radius 3 is 1.40 bits per heavy atom. The van der Waals surface area contributed by atoms with Crippen molar-refractivity contribution in [2.45, 2.75) is 52.4 Å². The van der Waals surface area contributed by atoms with E-state index in [1.54, 1.807) is 0 Å². The van der Waals surface area contributed by atoms with E-state index in [0.29, 0.717) is 0 Å². The number of hydrogen-bond donors (Lipinski definition) is 0. The molecule has 0 radical (unpaired) electrons. The summed E-state index contributed by atoms with van der Waals surface area (Å²) in [5, 5.41) is 7.35. The second-order valence-electron chi connectivity index (χ2n) is 16.7. The van der Waals surface area contributed by atoms with Crippen LogP contribution in [0, 0.1) is 0 Å². The molecular formula is C50H42N2O. The van der Waals surface area contributed by atoms with Crippen LogP contribution in [-0.2, 0) is 10.8 Å². The second-order valence-corrected chi connectivity index (χ2v) is 16.7. The summed E-state index contributed by atoms with van der Waals surface area (Å²) in [6.45, 7) is 13.8. The van der Waals surface area contributed by atoms with E-state index in [9.17, 15) is 0 Å². The number of benzene rings is 7. The minimum Gasteiger partial charge on any atom is -0.456 e. The lowest BCUT2D eigenvalue weighted by molar-refractivity contribution is 0.591. The van der Waals surface area contributed by atoms with Gasteiger partial charge in [0.25, 0.3) is 0 Å². The summed E-state index contributed by atoms with van der Waals surface area (Å²) in [5.74, 6) is 0. The molecule has 3 heterocycles. The van der Waals surface area contributed by atoms with Crippen LogP contribution in [0.25, 0.3) is 88.1 Å². The summed E-state index contributed by atoms with van der Waals surface area (Å²) < 4.78 is 11.0. The van der Waals surface area contributed by atoms with E-state index in [1.807, 2.05) is 12.1 Å². The van der Waals surface area contributed by atoms with E-state index in [1.165, 1.54) is 71.6 Å². The zero-order chi connectivity index (χ0) is 36.2.